The van der Waals surface area contributed by atoms with E-state index >= 15 is 0 Å². The van der Waals surface area contributed by atoms with Crippen molar-refractivity contribution in [1.29, 1.82) is 5.26 Å². The molecular formula is C22H31N3O4. The van der Waals surface area contributed by atoms with Crippen LogP contribution in [0.5, 0.6) is 0 Å². The van der Waals surface area contributed by atoms with Gasteiger partial charge in [-0.05, 0) is 51.3 Å². The lowest BCUT2D eigenvalue weighted by Crippen LogP contribution is -2.38. The number of ether oxygens (including phenoxy) is 2. The maximum atomic E-state index is 12.3. The van der Waals surface area contributed by atoms with Gasteiger partial charge in [0.05, 0.1) is 12.6 Å². The highest BCUT2D eigenvalue weighted by Crippen LogP contribution is 2.23. The molecule has 7 nitrogen and oxygen atoms in total. The van der Waals surface area contributed by atoms with E-state index in [1.54, 1.807) is 7.11 Å². The number of methoxy groups -OCH3 is 1. The van der Waals surface area contributed by atoms with Crippen LogP contribution in [0.15, 0.2) is 11.6 Å². The third-order valence-corrected chi connectivity index (χ3v) is 5.32. The standard InChI is InChI=1S/C22H31N3O4/c1-15-10-18(17(3)25(15)16(2)13-28-4)11-19(12-23)22(27)29-14-21(26)24-20-8-6-5-7-9-20/h10-11,16,20H,5-9,13-14H2,1-4H3,(H,24,26)/b19-11+/t16-/m0/s1. The Hall–Kier alpha value is -2.59. The summed E-state index contributed by atoms with van der Waals surface area (Å²) < 4.78 is 12.4. The highest BCUT2D eigenvalue weighted by Gasteiger charge is 2.19. The van der Waals surface area contributed by atoms with Crippen molar-refractivity contribution in [3.63, 3.8) is 0 Å². The Labute approximate surface area is 172 Å². The summed E-state index contributed by atoms with van der Waals surface area (Å²) in [4.78, 5) is 24.3. The second kappa shape index (κ2) is 10.8. The topological polar surface area (TPSA) is 93.3 Å². The van der Waals surface area contributed by atoms with E-state index < -0.39 is 5.97 Å². The molecule has 1 saturated carbocycles. The van der Waals surface area contributed by atoms with Crippen LogP contribution in [0.3, 0.4) is 0 Å². The lowest BCUT2D eigenvalue weighted by molar-refractivity contribution is -0.144. The van der Waals surface area contributed by atoms with Crippen molar-refractivity contribution < 1.29 is 19.1 Å². The van der Waals surface area contributed by atoms with Crippen molar-refractivity contribution in [3.05, 3.63) is 28.6 Å². The van der Waals surface area contributed by atoms with Crippen LogP contribution in [0.1, 0.15) is 62.0 Å². The summed E-state index contributed by atoms with van der Waals surface area (Å²) in [5, 5.41) is 12.3. The fraction of sp³-hybridized carbons (Fsp3) is 0.591. The molecule has 1 aromatic heterocycles. The first-order valence-electron chi connectivity index (χ1n) is 10.1. The fourth-order valence-corrected chi connectivity index (χ4v) is 3.96. The molecule has 1 heterocycles. The maximum Gasteiger partial charge on any atom is 0.349 e. The Morgan fingerprint density at radius 3 is 2.66 bits per heavy atom. The molecule has 0 bridgehead atoms. The molecule has 1 amide bonds. The minimum atomic E-state index is -0.791. The summed E-state index contributed by atoms with van der Waals surface area (Å²) in [6.07, 6.45) is 6.84. The quantitative estimate of drug-likeness (QED) is 0.410. The van der Waals surface area contributed by atoms with Crippen LogP contribution in [0, 0.1) is 25.2 Å². The normalized spacial score (nSPS) is 16.2. The Bertz CT molecular complexity index is 798. The van der Waals surface area contributed by atoms with E-state index in [9.17, 15) is 14.9 Å². The van der Waals surface area contributed by atoms with E-state index in [0.717, 1.165) is 42.6 Å². The van der Waals surface area contributed by atoms with Crippen molar-refractivity contribution in [2.24, 2.45) is 0 Å². The van der Waals surface area contributed by atoms with Crippen molar-refractivity contribution in [1.82, 2.24) is 9.88 Å². The van der Waals surface area contributed by atoms with Gasteiger partial charge < -0.3 is 19.4 Å². The minimum Gasteiger partial charge on any atom is -0.451 e. The molecule has 0 saturated heterocycles. The number of rotatable bonds is 8. The zero-order valence-electron chi connectivity index (χ0n) is 17.8. The number of nitrogens with zero attached hydrogens (tertiary/aromatic N) is 2. The molecule has 0 radical (unpaired) electrons. The van der Waals surface area contributed by atoms with Crippen molar-refractivity contribution in [2.75, 3.05) is 20.3 Å². The molecule has 29 heavy (non-hydrogen) atoms. The highest BCUT2D eigenvalue weighted by atomic mass is 16.5. The number of nitriles is 1. The van der Waals surface area contributed by atoms with E-state index in [-0.39, 0.29) is 30.2 Å². The summed E-state index contributed by atoms with van der Waals surface area (Å²) in [7, 11) is 1.65. The average molecular weight is 402 g/mol. The van der Waals surface area contributed by atoms with Gasteiger partial charge in [-0.1, -0.05) is 19.3 Å². The summed E-state index contributed by atoms with van der Waals surface area (Å²) in [6.45, 7) is 6.13. The number of aromatic nitrogens is 1. The van der Waals surface area contributed by atoms with Gasteiger partial charge in [0.15, 0.2) is 6.61 Å². The van der Waals surface area contributed by atoms with Gasteiger partial charge in [0.25, 0.3) is 5.91 Å². The first kappa shape index (κ1) is 22.7. The second-order valence-electron chi connectivity index (χ2n) is 7.65. The molecule has 0 unspecified atom stereocenters. The molecule has 7 heteroatoms. The average Bonchev–Trinajstić information content (AvgIpc) is 2.98. The number of aryl methyl sites for hydroxylation is 1. The van der Waals surface area contributed by atoms with Gasteiger partial charge in [-0.25, -0.2) is 4.79 Å². The van der Waals surface area contributed by atoms with Gasteiger partial charge in [-0.2, -0.15) is 5.26 Å². The summed E-state index contributed by atoms with van der Waals surface area (Å²) in [5.41, 5.74) is 2.58. The molecule has 0 aromatic carbocycles. The van der Waals surface area contributed by atoms with E-state index in [1.807, 2.05) is 32.9 Å². The smallest absolute Gasteiger partial charge is 0.349 e. The summed E-state index contributed by atoms with van der Waals surface area (Å²) in [6, 6.07) is 4.09. The van der Waals surface area contributed by atoms with Gasteiger partial charge in [-0.3, -0.25) is 4.79 Å². The molecular weight excluding hydrogens is 370 g/mol. The largest absolute Gasteiger partial charge is 0.451 e. The molecule has 1 atom stereocenters. The van der Waals surface area contributed by atoms with Gasteiger partial charge in [-0.15, -0.1) is 0 Å². The second-order valence-corrected chi connectivity index (χ2v) is 7.65. The summed E-state index contributed by atoms with van der Waals surface area (Å²) >= 11 is 0. The maximum absolute atomic E-state index is 12.3. The van der Waals surface area contributed by atoms with Crippen molar-refractivity contribution in [3.8, 4) is 6.07 Å². The van der Waals surface area contributed by atoms with E-state index in [4.69, 9.17) is 9.47 Å². The Morgan fingerprint density at radius 1 is 1.34 bits per heavy atom. The van der Waals surface area contributed by atoms with Crippen LogP contribution in [-0.4, -0.2) is 42.8 Å². The lowest BCUT2D eigenvalue weighted by Gasteiger charge is -2.22. The third kappa shape index (κ3) is 6.20. The SMILES string of the molecule is COC[C@H](C)n1c(C)cc(/C=C(\C#N)C(=O)OCC(=O)NC2CCCCC2)c1C. The Balaban J connectivity index is 2.02. The predicted molar refractivity (Wildman–Crippen MR) is 110 cm³/mol. The molecule has 0 spiro atoms. The molecule has 1 aliphatic rings. The van der Waals surface area contributed by atoms with Gasteiger partial charge >= 0.3 is 5.97 Å². The van der Waals surface area contributed by atoms with Gasteiger partial charge in [0.1, 0.15) is 11.6 Å². The van der Waals surface area contributed by atoms with Gasteiger partial charge in [0.2, 0.25) is 0 Å². The predicted octanol–water partition coefficient (Wildman–Crippen LogP) is 3.21. The van der Waals surface area contributed by atoms with E-state index in [0.29, 0.717) is 6.61 Å². The van der Waals surface area contributed by atoms with E-state index in [2.05, 4.69) is 9.88 Å². The number of carbonyl (C=O) groups is 2. The molecule has 1 N–H and O–H groups in total. The molecule has 2 rings (SSSR count). The number of carbonyl (C=O) groups excluding carboxylic acids is 2. The monoisotopic (exact) mass is 401 g/mol. The van der Waals surface area contributed by atoms with Crippen LogP contribution in [0.2, 0.25) is 0 Å². The van der Waals surface area contributed by atoms with Crippen molar-refractivity contribution >= 4 is 18.0 Å². The van der Waals surface area contributed by atoms with Crippen LogP contribution in [0.4, 0.5) is 0 Å². The molecule has 0 aliphatic heterocycles. The van der Waals surface area contributed by atoms with Gasteiger partial charge in [0, 0.05) is 24.5 Å². The number of hydrogen-bond donors (Lipinski definition) is 1. The van der Waals surface area contributed by atoms with Crippen LogP contribution in [-0.2, 0) is 19.1 Å². The van der Waals surface area contributed by atoms with Crippen LogP contribution >= 0.6 is 0 Å². The number of esters is 1. The third-order valence-electron chi connectivity index (χ3n) is 5.32. The summed E-state index contributed by atoms with van der Waals surface area (Å²) in [5.74, 6) is -1.12. The minimum absolute atomic E-state index is 0.128. The molecule has 158 valence electrons. The van der Waals surface area contributed by atoms with Crippen molar-refractivity contribution in [2.45, 2.75) is 65.0 Å². The highest BCUT2D eigenvalue weighted by molar-refractivity contribution is 5.99. The van der Waals surface area contributed by atoms with E-state index in [1.165, 1.54) is 12.5 Å². The zero-order valence-corrected chi connectivity index (χ0v) is 17.8. The molecule has 1 aliphatic carbocycles. The number of hydrogen-bond acceptors (Lipinski definition) is 5. The number of nitrogens with one attached hydrogen (secondary N) is 1. The Kier molecular flexibility index (Phi) is 8.47. The zero-order chi connectivity index (χ0) is 21.4. The first-order chi connectivity index (χ1) is 13.9. The van der Waals surface area contributed by atoms with Crippen LogP contribution < -0.4 is 5.32 Å². The molecule has 1 fully saturated rings. The molecule has 1 aromatic rings. The van der Waals surface area contributed by atoms with Crippen LogP contribution in [0.25, 0.3) is 6.08 Å². The lowest BCUT2D eigenvalue weighted by atomic mass is 9.95. The first-order valence-corrected chi connectivity index (χ1v) is 10.1. The number of amides is 1. The Morgan fingerprint density at radius 2 is 2.03 bits per heavy atom. The fourth-order valence-electron chi connectivity index (χ4n) is 3.96.